The molecule has 2 atom stereocenters. The van der Waals surface area contributed by atoms with Gasteiger partial charge in [0.05, 0.1) is 38.8 Å². The molecule has 0 aliphatic carbocycles. The quantitative estimate of drug-likeness (QED) is 0.569. The van der Waals surface area contributed by atoms with Crippen LogP contribution in [0.15, 0.2) is 30.5 Å². The van der Waals surface area contributed by atoms with E-state index in [1.807, 2.05) is 19.9 Å². The first kappa shape index (κ1) is 22.9. The van der Waals surface area contributed by atoms with Gasteiger partial charge in [-0.15, -0.1) is 0 Å². The average Bonchev–Trinajstić information content (AvgIpc) is 3.39. The van der Waals surface area contributed by atoms with Gasteiger partial charge in [-0.05, 0) is 50.1 Å². The third kappa shape index (κ3) is 4.21. The highest BCUT2D eigenvalue weighted by Crippen LogP contribution is 2.37. The zero-order valence-corrected chi connectivity index (χ0v) is 19.0. The molecule has 3 aromatic rings. The first-order chi connectivity index (χ1) is 15.8. The summed E-state index contributed by atoms with van der Waals surface area (Å²) in [5.41, 5.74) is 3.49. The second kappa shape index (κ2) is 9.29. The molecule has 1 N–H and O–H groups in total. The van der Waals surface area contributed by atoms with Crippen LogP contribution in [0.5, 0.6) is 5.88 Å². The molecule has 0 spiro atoms. The van der Waals surface area contributed by atoms with Crippen LogP contribution in [0.4, 0.5) is 4.39 Å². The SMILES string of the molecule is CCOC(=O)c1cnn(C2COCC2O)c1-c1ccc(-c2c(C)cc(C)nc2OC)cc1F. The highest BCUT2D eigenvalue weighted by Gasteiger charge is 2.33. The number of aromatic nitrogens is 3. The van der Waals surface area contributed by atoms with Crippen molar-refractivity contribution in [3.8, 4) is 28.3 Å². The molecule has 4 rings (SSSR count). The minimum Gasteiger partial charge on any atom is -0.481 e. The molecule has 1 aliphatic heterocycles. The second-order valence-corrected chi connectivity index (χ2v) is 7.90. The van der Waals surface area contributed by atoms with Crippen LogP contribution in [-0.4, -0.2) is 58.9 Å². The first-order valence-corrected chi connectivity index (χ1v) is 10.7. The molecule has 2 aromatic heterocycles. The Labute approximate surface area is 190 Å². The van der Waals surface area contributed by atoms with Crippen molar-refractivity contribution < 1.29 is 28.5 Å². The van der Waals surface area contributed by atoms with Gasteiger partial charge in [0.1, 0.15) is 23.5 Å². The Bertz CT molecular complexity index is 1190. The summed E-state index contributed by atoms with van der Waals surface area (Å²) in [7, 11) is 1.52. The van der Waals surface area contributed by atoms with Gasteiger partial charge in [0, 0.05) is 16.8 Å². The number of carbonyl (C=O) groups is 1. The maximum atomic E-state index is 15.6. The number of halogens is 1. The monoisotopic (exact) mass is 455 g/mol. The number of aryl methyl sites for hydroxylation is 2. The Morgan fingerprint density at radius 1 is 1.30 bits per heavy atom. The minimum absolute atomic E-state index is 0.119. The van der Waals surface area contributed by atoms with E-state index < -0.39 is 23.9 Å². The van der Waals surface area contributed by atoms with Gasteiger partial charge in [-0.3, -0.25) is 4.68 Å². The molecule has 8 nitrogen and oxygen atoms in total. The molecule has 0 bridgehead atoms. The zero-order chi connectivity index (χ0) is 23.7. The van der Waals surface area contributed by atoms with Crippen LogP contribution in [-0.2, 0) is 9.47 Å². The van der Waals surface area contributed by atoms with Crippen LogP contribution >= 0.6 is 0 Å². The normalized spacial score (nSPS) is 17.9. The Kier molecular flexibility index (Phi) is 6.44. The van der Waals surface area contributed by atoms with Crippen LogP contribution in [0.1, 0.15) is 34.6 Å². The molecule has 1 aliphatic rings. The fourth-order valence-corrected chi connectivity index (χ4v) is 4.17. The van der Waals surface area contributed by atoms with E-state index in [1.54, 1.807) is 19.1 Å². The van der Waals surface area contributed by atoms with E-state index in [4.69, 9.17) is 14.2 Å². The van der Waals surface area contributed by atoms with Gasteiger partial charge < -0.3 is 19.3 Å². The predicted molar refractivity (Wildman–Crippen MR) is 119 cm³/mol. The van der Waals surface area contributed by atoms with Crippen molar-refractivity contribution in [3.63, 3.8) is 0 Å². The van der Waals surface area contributed by atoms with E-state index in [0.717, 1.165) is 11.3 Å². The number of aliphatic hydroxyl groups is 1. The summed E-state index contributed by atoms with van der Waals surface area (Å²) in [4.78, 5) is 17.0. The summed E-state index contributed by atoms with van der Waals surface area (Å²) in [6.07, 6.45) is 0.509. The lowest BCUT2D eigenvalue weighted by atomic mass is 9.98. The number of ether oxygens (including phenoxy) is 3. The number of pyridine rings is 1. The molecule has 0 saturated carbocycles. The lowest BCUT2D eigenvalue weighted by molar-refractivity contribution is 0.0527. The van der Waals surface area contributed by atoms with Gasteiger partial charge in [0.15, 0.2) is 0 Å². The fourth-order valence-electron chi connectivity index (χ4n) is 4.17. The Morgan fingerprint density at radius 3 is 2.73 bits per heavy atom. The van der Waals surface area contributed by atoms with Crippen LogP contribution in [0.25, 0.3) is 22.4 Å². The lowest BCUT2D eigenvalue weighted by Gasteiger charge is -2.18. The van der Waals surface area contributed by atoms with E-state index in [2.05, 4.69) is 10.1 Å². The van der Waals surface area contributed by atoms with Gasteiger partial charge in [0.25, 0.3) is 0 Å². The number of methoxy groups -OCH3 is 1. The summed E-state index contributed by atoms with van der Waals surface area (Å²) >= 11 is 0. The van der Waals surface area contributed by atoms with Crippen LogP contribution in [0, 0.1) is 19.7 Å². The lowest BCUT2D eigenvalue weighted by Crippen LogP contribution is -2.24. The number of hydrogen-bond acceptors (Lipinski definition) is 7. The number of esters is 1. The zero-order valence-electron chi connectivity index (χ0n) is 19.0. The Balaban J connectivity index is 1.85. The summed E-state index contributed by atoms with van der Waals surface area (Å²) in [6, 6.07) is 6.06. The first-order valence-electron chi connectivity index (χ1n) is 10.7. The highest BCUT2D eigenvalue weighted by atomic mass is 19.1. The van der Waals surface area contributed by atoms with Gasteiger partial charge in [-0.2, -0.15) is 5.10 Å². The molecule has 0 radical (unpaired) electrons. The smallest absolute Gasteiger partial charge is 0.341 e. The molecule has 3 heterocycles. The third-order valence-corrected chi connectivity index (χ3v) is 5.64. The average molecular weight is 455 g/mol. The number of hydrogen-bond donors (Lipinski definition) is 1. The largest absolute Gasteiger partial charge is 0.481 e. The van der Waals surface area contributed by atoms with E-state index in [9.17, 15) is 9.90 Å². The van der Waals surface area contributed by atoms with Crippen molar-refractivity contribution in [3.05, 3.63) is 53.1 Å². The summed E-state index contributed by atoms with van der Waals surface area (Å²) in [5.74, 6) is -0.769. The topological polar surface area (TPSA) is 95.7 Å². The Hall–Kier alpha value is -3.30. The standard InChI is InChI=1S/C24H26FN3O5/c1-5-33-24(30)17-10-26-28(19-11-32-12-20(19)29)22(17)16-7-6-15(9-18(16)25)21-13(2)8-14(3)27-23(21)31-4/h6-10,19-20,29H,5,11-12H2,1-4H3. The molecular weight excluding hydrogens is 429 g/mol. The summed E-state index contributed by atoms with van der Waals surface area (Å²) in [5, 5.41) is 14.6. The summed E-state index contributed by atoms with van der Waals surface area (Å²) < 4.78 is 33.0. The maximum Gasteiger partial charge on any atom is 0.341 e. The molecule has 1 saturated heterocycles. The van der Waals surface area contributed by atoms with Crippen molar-refractivity contribution in [2.24, 2.45) is 0 Å². The van der Waals surface area contributed by atoms with Crippen LogP contribution in [0.3, 0.4) is 0 Å². The van der Waals surface area contributed by atoms with E-state index >= 15 is 4.39 Å². The van der Waals surface area contributed by atoms with E-state index in [-0.39, 0.29) is 36.6 Å². The number of rotatable bonds is 6. The molecule has 0 amide bonds. The number of aliphatic hydroxyl groups excluding tert-OH is 1. The summed E-state index contributed by atoms with van der Waals surface area (Å²) in [6.45, 7) is 5.97. The van der Waals surface area contributed by atoms with Crippen molar-refractivity contribution >= 4 is 5.97 Å². The van der Waals surface area contributed by atoms with E-state index in [0.29, 0.717) is 17.0 Å². The molecule has 1 aromatic carbocycles. The van der Waals surface area contributed by atoms with Crippen molar-refractivity contribution in [2.75, 3.05) is 26.9 Å². The maximum absolute atomic E-state index is 15.6. The second-order valence-electron chi connectivity index (χ2n) is 7.90. The Morgan fingerprint density at radius 2 is 2.09 bits per heavy atom. The predicted octanol–water partition coefficient (Wildman–Crippen LogP) is 3.49. The van der Waals surface area contributed by atoms with Gasteiger partial charge in [-0.1, -0.05) is 6.07 Å². The molecule has 9 heteroatoms. The van der Waals surface area contributed by atoms with Crippen molar-refractivity contribution in [2.45, 2.75) is 32.9 Å². The van der Waals surface area contributed by atoms with Crippen LogP contribution < -0.4 is 4.74 Å². The van der Waals surface area contributed by atoms with Crippen molar-refractivity contribution in [1.82, 2.24) is 14.8 Å². The third-order valence-electron chi connectivity index (χ3n) is 5.64. The molecule has 1 fully saturated rings. The molecular formula is C24H26FN3O5. The van der Waals surface area contributed by atoms with Gasteiger partial charge in [-0.25, -0.2) is 14.2 Å². The van der Waals surface area contributed by atoms with Crippen LogP contribution in [0.2, 0.25) is 0 Å². The van der Waals surface area contributed by atoms with Gasteiger partial charge >= 0.3 is 5.97 Å². The van der Waals surface area contributed by atoms with Crippen molar-refractivity contribution in [1.29, 1.82) is 0 Å². The minimum atomic E-state index is -0.827. The highest BCUT2D eigenvalue weighted by molar-refractivity contribution is 5.96. The number of benzene rings is 1. The molecule has 33 heavy (non-hydrogen) atoms. The molecule has 2 unspecified atom stereocenters. The van der Waals surface area contributed by atoms with E-state index in [1.165, 1.54) is 24.1 Å². The molecule has 174 valence electrons. The number of carbonyl (C=O) groups excluding carboxylic acids is 1. The number of nitrogens with zero attached hydrogens (tertiary/aromatic N) is 3. The van der Waals surface area contributed by atoms with Gasteiger partial charge in [0.2, 0.25) is 5.88 Å². The fraction of sp³-hybridized carbons (Fsp3) is 0.375.